The largest absolute Gasteiger partial charge is 0.493 e. The van der Waals surface area contributed by atoms with Crippen LogP contribution < -0.4 is 15.8 Å². The molecular weight excluding hydrogens is 262 g/mol. The molecule has 0 unspecified atom stereocenters. The van der Waals surface area contributed by atoms with Crippen LogP contribution in [-0.2, 0) is 0 Å². The lowest BCUT2D eigenvalue weighted by atomic mass is 10.2. The summed E-state index contributed by atoms with van der Waals surface area (Å²) in [5, 5.41) is 3.27. The molecule has 1 rings (SSSR count). The van der Waals surface area contributed by atoms with E-state index in [1.807, 2.05) is 12.1 Å². The number of nitrogens with zero attached hydrogens (tertiary/aromatic N) is 1. The van der Waals surface area contributed by atoms with Gasteiger partial charge >= 0.3 is 0 Å². The molecule has 0 saturated carbocycles. The Morgan fingerprint density at radius 2 is 1.71 bits per heavy atom. The van der Waals surface area contributed by atoms with Crippen molar-refractivity contribution in [3.05, 3.63) is 24.5 Å². The third-order valence-corrected chi connectivity index (χ3v) is 2.94. The number of aromatic nitrogens is 1. The fraction of sp³-hybridized carbons (Fsp3) is 0.706. The highest BCUT2D eigenvalue weighted by Crippen LogP contribution is 2.06. The maximum absolute atomic E-state index is 5.41. The van der Waals surface area contributed by atoms with Crippen molar-refractivity contribution in [2.24, 2.45) is 5.73 Å². The minimum absolute atomic E-state index is 0.758. The summed E-state index contributed by atoms with van der Waals surface area (Å²) in [6.45, 7) is 8.04. The van der Waals surface area contributed by atoms with Gasteiger partial charge in [0, 0.05) is 25.5 Å². The van der Waals surface area contributed by atoms with Gasteiger partial charge in [-0.2, -0.15) is 0 Å². The first kappa shape index (κ1) is 19.9. The van der Waals surface area contributed by atoms with E-state index in [1.165, 1.54) is 32.1 Å². The normalized spacial score (nSPS) is 9.86. The maximum atomic E-state index is 5.41. The summed E-state index contributed by atoms with van der Waals surface area (Å²) in [6, 6.07) is 3.74. The third kappa shape index (κ3) is 15.1. The summed E-state index contributed by atoms with van der Waals surface area (Å²) in [5.41, 5.74) is 5.31. The van der Waals surface area contributed by atoms with Crippen LogP contribution >= 0.6 is 0 Å². The maximum Gasteiger partial charge on any atom is 0.122 e. The minimum atomic E-state index is 0.758. The number of rotatable bonds is 11. The van der Waals surface area contributed by atoms with Crippen LogP contribution in [0.2, 0.25) is 0 Å². The van der Waals surface area contributed by atoms with Crippen molar-refractivity contribution in [3.63, 3.8) is 0 Å². The Hall–Kier alpha value is -1.13. The minimum Gasteiger partial charge on any atom is -0.493 e. The molecule has 4 heteroatoms. The van der Waals surface area contributed by atoms with Crippen molar-refractivity contribution in [1.29, 1.82) is 0 Å². The van der Waals surface area contributed by atoms with E-state index in [-0.39, 0.29) is 0 Å². The van der Waals surface area contributed by atoms with Crippen LogP contribution in [0.15, 0.2) is 24.5 Å². The van der Waals surface area contributed by atoms with Crippen LogP contribution in [0.3, 0.4) is 0 Å². The smallest absolute Gasteiger partial charge is 0.122 e. The van der Waals surface area contributed by atoms with Gasteiger partial charge in [-0.1, -0.05) is 39.5 Å². The Morgan fingerprint density at radius 1 is 1.00 bits per heavy atom. The summed E-state index contributed by atoms with van der Waals surface area (Å²) < 4.78 is 5.41. The molecule has 21 heavy (non-hydrogen) atoms. The lowest BCUT2D eigenvalue weighted by Gasteiger charge is -2.02. The van der Waals surface area contributed by atoms with Crippen LogP contribution in [-0.4, -0.2) is 31.2 Å². The number of pyridine rings is 1. The van der Waals surface area contributed by atoms with Crippen molar-refractivity contribution in [2.45, 2.75) is 52.4 Å². The van der Waals surface area contributed by atoms with E-state index in [0.29, 0.717) is 0 Å². The van der Waals surface area contributed by atoms with E-state index in [0.717, 1.165) is 38.4 Å². The number of nitrogens with two attached hydrogens (primary N) is 1. The second-order valence-corrected chi connectivity index (χ2v) is 4.98. The molecule has 0 amide bonds. The van der Waals surface area contributed by atoms with Crippen molar-refractivity contribution in [1.82, 2.24) is 10.3 Å². The molecular formula is C17H33N3O. The van der Waals surface area contributed by atoms with E-state index in [9.17, 15) is 0 Å². The standard InChI is InChI=1S/C9H13NO.C8H20N2/c1-2-3-8-11-9-4-6-10-7-5-9;1-2-3-4-5-7-10-8-6-9/h4-7H,2-3,8H2,1H3;10H,2-9H2,1H3. The van der Waals surface area contributed by atoms with Gasteiger partial charge in [0.1, 0.15) is 5.75 Å². The topological polar surface area (TPSA) is 60.2 Å². The number of hydrogen-bond donors (Lipinski definition) is 2. The highest BCUT2D eigenvalue weighted by Gasteiger charge is 1.89. The van der Waals surface area contributed by atoms with E-state index >= 15 is 0 Å². The van der Waals surface area contributed by atoms with Crippen LogP contribution in [0.1, 0.15) is 52.4 Å². The zero-order valence-corrected chi connectivity index (χ0v) is 13.8. The average molecular weight is 295 g/mol. The molecule has 0 spiro atoms. The molecule has 1 aromatic rings. The fourth-order valence-electron chi connectivity index (χ4n) is 1.67. The van der Waals surface area contributed by atoms with E-state index in [4.69, 9.17) is 10.5 Å². The van der Waals surface area contributed by atoms with Gasteiger partial charge < -0.3 is 15.8 Å². The van der Waals surface area contributed by atoms with Gasteiger partial charge in [0.2, 0.25) is 0 Å². The highest BCUT2D eigenvalue weighted by molar-refractivity contribution is 5.16. The van der Waals surface area contributed by atoms with Crippen molar-refractivity contribution in [2.75, 3.05) is 26.2 Å². The number of ether oxygens (including phenoxy) is 1. The summed E-state index contributed by atoms with van der Waals surface area (Å²) in [6.07, 6.45) is 11.1. The molecule has 0 aromatic carbocycles. The van der Waals surface area contributed by atoms with Gasteiger partial charge in [-0.3, -0.25) is 4.98 Å². The molecule has 0 radical (unpaired) electrons. The molecule has 1 heterocycles. The molecule has 122 valence electrons. The lowest BCUT2D eigenvalue weighted by Crippen LogP contribution is -2.23. The molecule has 0 saturated heterocycles. The van der Waals surface area contributed by atoms with Gasteiger partial charge in [-0.15, -0.1) is 0 Å². The van der Waals surface area contributed by atoms with Crippen LogP contribution in [0, 0.1) is 0 Å². The van der Waals surface area contributed by atoms with Crippen molar-refractivity contribution >= 4 is 0 Å². The average Bonchev–Trinajstić information content (AvgIpc) is 2.53. The van der Waals surface area contributed by atoms with Gasteiger partial charge in [-0.05, 0) is 31.5 Å². The molecule has 0 aliphatic heterocycles. The first-order valence-electron chi connectivity index (χ1n) is 8.28. The Bertz CT molecular complexity index is 285. The predicted octanol–water partition coefficient (Wildman–Crippen LogP) is 3.38. The van der Waals surface area contributed by atoms with Gasteiger partial charge in [0.05, 0.1) is 6.61 Å². The molecule has 0 bridgehead atoms. The fourth-order valence-corrected chi connectivity index (χ4v) is 1.67. The van der Waals surface area contributed by atoms with E-state index in [2.05, 4.69) is 24.1 Å². The number of hydrogen-bond acceptors (Lipinski definition) is 4. The number of nitrogens with one attached hydrogen (secondary N) is 1. The Labute approximate surface area is 130 Å². The molecule has 0 atom stereocenters. The first-order valence-corrected chi connectivity index (χ1v) is 8.28. The highest BCUT2D eigenvalue weighted by atomic mass is 16.5. The lowest BCUT2D eigenvalue weighted by molar-refractivity contribution is 0.309. The second kappa shape index (κ2) is 16.9. The van der Waals surface area contributed by atoms with Crippen LogP contribution in [0.25, 0.3) is 0 Å². The van der Waals surface area contributed by atoms with Crippen molar-refractivity contribution < 1.29 is 4.74 Å². The van der Waals surface area contributed by atoms with Gasteiger partial charge in [0.25, 0.3) is 0 Å². The monoisotopic (exact) mass is 295 g/mol. The third-order valence-electron chi connectivity index (χ3n) is 2.94. The molecule has 1 aromatic heterocycles. The summed E-state index contributed by atoms with van der Waals surface area (Å²) in [4.78, 5) is 3.89. The summed E-state index contributed by atoms with van der Waals surface area (Å²) in [5.74, 6) is 0.911. The van der Waals surface area contributed by atoms with Gasteiger partial charge in [0.15, 0.2) is 0 Å². The molecule has 0 aliphatic carbocycles. The van der Waals surface area contributed by atoms with Crippen LogP contribution in [0.5, 0.6) is 5.75 Å². The first-order chi connectivity index (χ1) is 10.3. The molecule has 0 aliphatic rings. The predicted molar refractivity (Wildman–Crippen MR) is 90.7 cm³/mol. The molecule has 4 nitrogen and oxygen atoms in total. The van der Waals surface area contributed by atoms with Crippen molar-refractivity contribution in [3.8, 4) is 5.75 Å². The Balaban J connectivity index is 0.000000384. The summed E-state index contributed by atoms with van der Waals surface area (Å²) >= 11 is 0. The zero-order valence-electron chi connectivity index (χ0n) is 13.8. The van der Waals surface area contributed by atoms with E-state index < -0.39 is 0 Å². The second-order valence-electron chi connectivity index (χ2n) is 4.98. The van der Waals surface area contributed by atoms with E-state index in [1.54, 1.807) is 12.4 Å². The van der Waals surface area contributed by atoms with Crippen LogP contribution in [0.4, 0.5) is 0 Å². The van der Waals surface area contributed by atoms with Gasteiger partial charge in [-0.25, -0.2) is 0 Å². The Morgan fingerprint density at radius 3 is 2.33 bits per heavy atom. The molecule has 3 N–H and O–H groups in total. The molecule has 0 fully saturated rings. The Kier molecular flexibility index (Phi) is 16.0. The number of unbranched alkanes of at least 4 members (excludes halogenated alkanes) is 4. The summed E-state index contributed by atoms with van der Waals surface area (Å²) in [7, 11) is 0. The zero-order chi connectivity index (χ0) is 15.6. The quantitative estimate of drug-likeness (QED) is 0.614. The SMILES string of the molecule is CCCCCCNCCN.CCCCOc1ccncc1.